The van der Waals surface area contributed by atoms with Gasteiger partial charge in [-0.25, -0.2) is 0 Å². The summed E-state index contributed by atoms with van der Waals surface area (Å²) in [5.41, 5.74) is 5.41. The Kier molecular flexibility index (Phi) is 6.10. The summed E-state index contributed by atoms with van der Waals surface area (Å²) in [5, 5.41) is 12.4. The van der Waals surface area contributed by atoms with Crippen molar-refractivity contribution in [3.63, 3.8) is 0 Å². The van der Waals surface area contributed by atoms with Crippen molar-refractivity contribution < 1.29 is 5.21 Å². The minimum absolute atomic E-state index is 0.210. The zero-order valence-corrected chi connectivity index (χ0v) is 11.3. The minimum Gasteiger partial charge on any atom is -0.409 e. The summed E-state index contributed by atoms with van der Waals surface area (Å²) in [5.74, 6) is 2.06. The normalized spacial score (nSPS) is 15.7. The van der Waals surface area contributed by atoms with Crippen LogP contribution in [0.5, 0.6) is 0 Å². The Hall–Kier alpha value is -0.380. The van der Waals surface area contributed by atoms with Crippen LogP contribution in [0.4, 0.5) is 0 Å². The minimum atomic E-state index is -0.210. The molecule has 0 fully saturated rings. The van der Waals surface area contributed by atoms with Gasteiger partial charge in [0.15, 0.2) is 0 Å². The van der Waals surface area contributed by atoms with Gasteiger partial charge in [-0.3, -0.25) is 0 Å². The van der Waals surface area contributed by atoms with Crippen LogP contribution in [0.3, 0.4) is 0 Å². The average Bonchev–Trinajstić information content (AvgIpc) is 2.15. The Morgan fingerprint density at radius 2 is 1.93 bits per heavy atom. The van der Waals surface area contributed by atoms with E-state index in [9.17, 15) is 0 Å². The molecule has 0 bridgehead atoms. The Morgan fingerprint density at radius 3 is 2.33 bits per heavy atom. The van der Waals surface area contributed by atoms with Gasteiger partial charge in [0, 0.05) is 10.7 Å². The van der Waals surface area contributed by atoms with E-state index in [-0.39, 0.29) is 5.41 Å². The monoisotopic (exact) mass is 232 g/mol. The van der Waals surface area contributed by atoms with Crippen LogP contribution in [0.25, 0.3) is 0 Å². The van der Waals surface area contributed by atoms with Crippen LogP contribution >= 0.6 is 11.8 Å². The fraction of sp³-hybridized carbons (Fsp3) is 0.909. The van der Waals surface area contributed by atoms with Crippen LogP contribution in [0.2, 0.25) is 0 Å². The highest BCUT2D eigenvalue weighted by Crippen LogP contribution is 2.26. The highest BCUT2D eigenvalue weighted by Gasteiger charge is 2.23. The molecule has 1 unspecified atom stereocenters. The molecule has 0 aromatic rings. The van der Waals surface area contributed by atoms with E-state index in [1.165, 1.54) is 0 Å². The quantitative estimate of drug-likeness (QED) is 0.320. The molecule has 1 atom stereocenters. The summed E-state index contributed by atoms with van der Waals surface area (Å²) >= 11 is 1.95. The van der Waals surface area contributed by atoms with Crippen LogP contribution in [-0.4, -0.2) is 22.0 Å². The number of nitrogens with zero attached hydrogens (tertiary/aromatic N) is 1. The van der Waals surface area contributed by atoms with E-state index in [1.807, 2.05) is 25.6 Å². The predicted octanol–water partition coefficient (Wildman–Crippen LogP) is 2.93. The van der Waals surface area contributed by atoms with Crippen molar-refractivity contribution in [2.24, 2.45) is 22.2 Å². The Morgan fingerprint density at radius 1 is 1.40 bits per heavy atom. The average molecular weight is 232 g/mol. The number of hydrogen-bond donors (Lipinski definition) is 2. The molecule has 0 aromatic carbocycles. The number of thioether (sulfide) groups is 1. The molecular weight excluding hydrogens is 208 g/mol. The Balaban J connectivity index is 3.96. The zero-order chi connectivity index (χ0) is 12.1. The van der Waals surface area contributed by atoms with E-state index in [1.54, 1.807) is 0 Å². The molecule has 0 heterocycles. The highest BCUT2D eigenvalue weighted by molar-refractivity contribution is 7.99. The lowest BCUT2D eigenvalue weighted by atomic mass is 9.89. The maximum absolute atomic E-state index is 8.62. The second-order valence-electron chi connectivity index (χ2n) is 4.94. The van der Waals surface area contributed by atoms with E-state index in [0.29, 0.717) is 17.0 Å². The third-order valence-corrected chi connectivity index (χ3v) is 4.36. The van der Waals surface area contributed by atoms with Gasteiger partial charge < -0.3 is 10.9 Å². The van der Waals surface area contributed by atoms with Gasteiger partial charge in [0.25, 0.3) is 0 Å². The maximum Gasteiger partial charge on any atom is 0.144 e. The van der Waals surface area contributed by atoms with Crippen LogP contribution in [0, 0.1) is 11.3 Å². The third-order valence-electron chi connectivity index (χ3n) is 2.85. The lowest BCUT2D eigenvalue weighted by Crippen LogP contribution is -2.32. The van der Waals surface area contributed by atoms with Gasteiger partial charge >= 0.3 is 0 Å². The molecule has 0 radical (unpaired) electrons. The first-order valence-corrected chi connectivity index (χ1v) is 6.45. The summed E-state index contributed by atoms with van der Waals surface area (Å²) in [4.78, 5) is 0. The molecule has 0 aliphatic heterocycles. The number of oxime groups is 1. The van der Waals surface area contributed by atoms with E-state index in [2.05, 4.69) is 25.9 Å². The summed E-state index contributed by atoms with van der Waals surface area (Å²) < 4.78 is 0. The van der Waals surface area contributed by atoms with Gasteiger partial charge in [-0.2, -0.15) is 11.8 Å². The first-order valence-electron chi connectivity index (χ1n) is 5.41. The summed E-state index contributed by atoms with van der Waals surface area (Å²) in [7, 11) is 0. The number of rotatable bonds is 6. The van der Waals surface area contributed by atoms with Crippen LogP contribution in [0.1, 0.15) is 41.0 Å². The smallest absolute Gasteiger partial charge is 0.144 e. The van der Waals surface area contributed by atoms with Gasteiger partial charge in [-0.1, -0.05) is 39.8 Å². The lowest BCUT2D eigenvalue weighted by Gasteiger charge is -2.24. The van der Waals surface area contributed by atoms with Gasteiger partial charge in [-0.05, 0) is 18.1 Å². The zero-order valence-electron chi connectivity index (χ0n) is 10.4. The molecule has 0 saturated carbocycles. The van der Waals surface area contributed by atoms with Gasteiger partial charge in [0.1, 0.15) is 5.84 Å². The van der Waals surface area contributed by atoms with Crippen LogP contribution in [-0.2, 0) is 0 Å². The molecule has 0 rings (SSSR count). The number of amidine groups is 1. The predicted molar refractivity (Wildman–Crippen MR) is 68.6 cm³/mol. The molecule has 0 amide bonds. The second kappa shape index (κ2) is 6.26. The van der Waals surface area contributed by atoms with Crippen molar-refractivity contribution in [3.05, 3.63) is 0 Å². The molecule has 0 spiro atoms. The summed E-state index contributed by atoms with van der Waals surface area (Å²) in [6.07, 6.45) is 0.935. The maximum atomic E-state index is 8.62. The van der Waals surface area contributed by atoms with E-state index in [4.69, 9.17) is 10.9 Å². The SMILES string of the molecule is CC(C)C(C)SCCC(C)(C)C(N)=NO. The third kappa shape index (κ3) is 5.30. The van der Waals surface area contributed by atoms with Crippen molar-refractivity contribution >= 4 is 17.6 Å². The van der Waals surface area contributed by atoms with Crippen molar-refractivity contribution in [1.29, 1.82) is 0 Å². The van der Waals surface area contributed by atoms with E-state index < -0.39 is 0 Å². The fourth-order valence-electron chi connectivity index (χ4n) is 0.956. The molecule has 3 nitrogen and oxygen atoms in total. The van der Waals surface area contributed by atoms with E-state index >= 15 is 0 Å². The molecule has 0 aliphatic rings. The number of hydrogen-bond acceptors (Lipinski definition) is 3. The van der Waals surface area contributed by atoms with Crippen molar-refractivity contribution in [2.75, 3.05) is 5.75 Å². The topological polar surface area (TPSA) is 58.6 Å². The molecule has 0 saturated heterocycles. The second-order valence-corrected chi connectivity index (χ2v) is 6.42. The standard InChI is InChI=1S/C11H24N2OS/c1-8(2)9(3)15-7-6-11(4,5)10(12)13-14/h8-9,14H,6-7H2,1-5H3,(H2,12,13). The molecule has 4 heteroatoms. The highest BCUT2D eigenvalue weighted by atomic mass is 32.2. The molecule has 90 valence electrons. The van der Waals surface area contributed by atoms with Gasteiger partial charge in [0.05, 0.1) is 0 Å². The Bertz CT molecular complexity index is 215. The first kappa shape index (κ1) is 14.6. The lowest BCUT2D eigenvalue weighted by molar-refractivity contribution is 0.307. The van der Waals surface area contributed by atoms with Crippen LogP contribution in [0.15, 0.2) is 5.16 Å². The molecular formula is C11H24N2OS. The molecule has 15 heavy (non-hydrogen) atoms. The van der Waals surface area contributed by atoms with Gasteiger partial charge in [0.2, 0.25) is 0 Å². The summed E-state index contributed by atoms with van der Waals surface area (Å²) in [6.45, 7) is 10.7. The fourth-order valence-corrected chi connectivity index (χ4v) is 2.34. The van der Waals surface area contributed by atoms with Crippen LogP contribution < -0.4 is 5.73 Å². The molecule has 0 aromatic heterocycles. The van der Waals surface area contributed by atoms with Gasteiger partial charge in [-0.15, -0.1) is 0 Å². The van der Waals surface area contributed by atoms with Crippen molar-refractivity contribution in [2.45, 2.75) is 46.3 Å². The Labute approximate surface area is 97.5 Å². The molecule has 3 N–H and O–H groups in total. The van der Waals surface area contributed by atoms with Crippen molar-refractivity contribution in [3.8, 4) is 0 Å². The largest absolute Gasteiger partial charge is 0.409 e. The number of nitrogens with two attached hydrogens (primary N) is 1. The first-order chi connectivity index (χ1) is 6.81. The van der Waals surface area contributed by atoms with Crippen molar-refractivity contribution in [1.82, 2.24) is 0 Å². The van der Waals surface area contributed by atoms with E-state index in [0.717, 1.165) is 12.2 Å². The molecule has 0 aliphatic carbocycles. The summed E-state index contributed by atoms with van der Waals surface area (Å²) in [6, 6.07) is 0.